The van der Waals surface area contributed by atoms with E-state index < -0.39 is 30.0 Å². The Hall–Kier alpha value is -6.57. The number of ether oxygens (including phenoxy) is 1. The van der Waals surface area contributed by atoms with Gasteiger partial charge in [-0.15, -0.1) is 0 Å². The number of hydrogen-bond acceptors (Lipinski definition) is 12. The molecule has 0 spiro atoms. The van der Waals surface area contributed by atoms with E-state index in [1.54, 1.807) is 42.1 Å². The molecule has 1 aliphatic carbocycles. The molecule has 19 heteroatoms. The van der Waals surface area contributed by atoms with Crippen molar-refractivity contribution in [3.05, 3.63) is 106 Å². The van der Waals surface area contributed by atoms with Crippen LogP contribution in [0.4, 0.5) is 20.3 Å². The molecule has 2 aliphatic heterocycles. The molecule has 4 aromatic heterocycles. The van der Waals surface area contributed by atoms with Crippen molar-refractivity contribution in [1.29, 1.82) is 0 Å². The number of hydrogen-bond donors (Lipinski definition) is 4. The first-order valence-corrected chi connectivity index (χ1v) is 21.6. The predicted molar refractivity (Wildman–Crippen MR) is 232 cm³/mol. The van der Waals surface area contributed by atoms with E-state index in [4.69, 9.17) is 9.15 Å². The molecule has 2 atom stereocenters. The summed E-state index contributed by atoms with van der Waals surface area (Å²) in [6.07, 6.45) is 5.69. The lowest BCUT2D eigenvalue weighted by Crippen LogP contribution is -2.46. The number of oxazole rings is 1. The average Bonchev–Trinajstić information content (AvgIpc) is 3.70. The Bertz CT molecular complexity index is 2720. The van der Waals surface area contributed by atoms with Crippen LogP contribution in [-0.2, 0) is 34.3 Å². The number of nitrogens with zero attached hydrogens (tertiary/aromatic N) is 7. The molecule has 64 heavy (non-hydrogen) atoms. The SMILES string of the molecule is Cn1c(=O)n(C2CCC(=O)NC2=O)c2cccc(CCCN3CCO[C@@H](CNCc4ccc(-n5cc(NC(=O)c6coc(-c7ccnc(NCC8CC8)c7)n6)c(C(F)F)n5)cc4)C3)c21. The minimum atomic E-state index is -2.94. The molecule has 1 unspecified atom stereocenters. The number of anilines is 2. The summed E-state index contributed by atoms with van der Waals surface area (Å²) in [5.74, 6) is 0.0451. The van der Waals surface area contributed by atoms with E-state index in [-0.39, 0.29) is 41.4 Å². The lowest BCUT2D eigenvalue weighted by molar-refractivity contribution is -0.135. The third-order valence-corrected chi connectivity index (χ3v) is 12.0. The third-order valence-electron chi connectivity index (χ3n) is 12.0. The summed E-state index contributed by atoms with van der Waals surface area (Å²) in [5, 5.41) is 15.7. The van der Waals surface area contributed by atoms with Gasteiger partial charge in [-0.3, -0.25) is 33.7 Å². The molecule has 0 radical (unpaired) electrons. The third kappa shape index (κ3) is 9.51. The van der Waals surface area contributed by atoms with Gasteiger partial charge in [0.1, 0.15) is 18.1 Å². The number of morpholine rings is 1. The normalized spacial score (nSPS) is 18.2. The van der Waals surface area contributed by atoms with Crippen LogP contribution in [-0.4, -0.2) is 96.9 Å². The number of pyridine rings is 1. The lowest BCUT2D eigenvalue weighted by Gasteiger charge is -2.33. The van der Waals surface area contributed by atoms with Crippen LogP contribution in [0.2, 0.25) is 0 Å². The van der Waals surface area contributed by atoms with Crippen molar-refractivity contribution in [3.8, 4) is 17.1 Å². The predicted octanol–water partition coefficient (Wildman–Crippen LogP) is 4.99. The number of piperidine rings is 1. The molecule has 3 fully saturated rings. The molecule has 9 rings (SSSR count). The van der Waals surface area contributed by atoms with Gasteiger partial charge in [0.05, 0.1) is 41.3 Å². The highest BCUT2D eigenvalue weighted by Crippen LogP contribution is 2.31. The first kappa shape index (κ1) is 42.7. The van der Waals surface area contributed by atoms with Crippen molar-refractivity contribution >= 4 is 40.3 Å². The first-order chi connectivity index (χ1) is 31.1. The van der Waals surface area contributed by atoms with Crippen LogP contribution in [0.5, 0.6) is 0 Å². The minimum absolute atomic E-state index is 0.0171. The number of rotatable bonds is 17. The van der Waals surface area contributed by atoms with E-state index in [1.165, 1.54) is 34.6 Å². The highest BCUT2D eigenvalue weighted by atomic mass is 19.3. The molecule has 6 heterocycles. The van der Waals surface area contributed by atoms with Gasteiger partial charge in [0.25, 0.3) is 12.3 Å². The Balaban J connectivity index is 0.752. The number of aryl methyl sites for hydroxylation is 2. The Morgan fingerprint density at radius 3 is 2.69 bits per heavy atom. The molecular weight excluding hydrogens is 829 g/mol. The van der Waals surface area contributed by atoms with Gasteiger partial charge < -0.3 is 25.1 Å². The highest BCUT2D eigenvalue weighted by molar-refractivity contribution is 6.03. The molecule has 2 aromatic carbocycles. The summed E-state index contributed by atoms with van der Waals surface area (Å²) in [7, 11) is 1.72. The van der Waals surface area contributed by atoms with Crippen LogP contribution in [0.25, 0.3) is 28.2 Å². The van der Waals surface area contributed by atoms with Gasteiger partial charge in [0.15, 0.2) is 11.4 Å². The van der Waals surface area contributed by atoms with E-state index in [1.807, 2.05) is 30.3 Å². The molecule has 1 saturated carbocycles. The zero-order valence-corrected chi connectivity index (χ0v) is 35.3. The molecule has 0 bridgehead atoms. The first-order valence-electron chi connectivity index (χ1n) is 21.6. The van der Waals surface area contributed by atoms with Gasteiger partial charge in [0.2, 0.25) is 17.7 Å². The van der Waals surface area contributed by atoms with E-state index >= 15 is 0 Å². The van der Waals surface area contributed by atoms with E-state index in [0.29, 0.717) is 54.6 Å². The fourth-order valence-electron chi connectivity index (χ4n) is 8.40. The van der Waals surface area contributed by atoms with Crippen LogP contribution < -0.4 is 27.0 Å². The number of para-hydroxylation sites is 1. The minimum Gasteiger partial charge on any atom is -0.444 e. The van der Waals surface area contributed by atoms with E-state index in [2.05, 4.69) is 41.2 Å². The number of fused-ring (bicyclic) bond motifs is 1. The van der Waals surface area contributed by atoms with Crippen LogP contribution in [0.1, 0.15) is 71.9 Å². The summed E-state index contributed by atoms with van der Waals surface area (Å²) in [6.45, 7) is 5.04. The number of aromatic nitrogens is 6. The Morgan fingerprint density at radius 2 is 1.89 bits per heavy atom. The smallest absolute Gasteiger partial charge is 0.329 e. The molecule has 2 saturated heterocycles. The number of amides is 3. The molecule has 3 amide bonds. The number of imide groups is 1. The van der Waals surface area contributed by atoms with E-state index in [9.17, 15) is 28.0 Å². The number of carbonyl (C=O) groups is 3. The van der Waals surface area contributed by atoms with Crippen molar-refractivity contribution in [3.63, 3.8) is 0 Å². The number of nitrogens with one attached hydrogen (secondary N) is 4. The van der Waals surface area contributed by atoms with Gasteiger partial charge in [-0.05, 0) is 86.0 Å². The maximum atomic E-state index is 14.1. The molecule has 6 aromatic rings. The van der Waals surface area contributed by atoms with Crippen molar-refractivity contribution in [1.82, 2.24) is 44.4 Å². The topological polar surface area (TPSA) is 195 Å². The van der Waals surface area contributed by atoms with Crippen LogP contribution in [0.3, 0.4) is 0 Å². The maximum Gasteiger partial charge on any atom is 0.329 e. The van der Waals surface area contributed by atoms with Crippen LogP contribution in [0.15, 0.2) is 82.5 Å². The van der Waals surface area contributed by atoms with Crippen molar-refractivity contribution in [2.24, 2.45) is 13.0 Å². The Morgan fingerprint density at radius 1 is 1.05 bits per heavy atom. The lowest BCUT2D eigenvalue weighted by atomic mass is 10.0. The largest absolute Gasteiger partial charge is 0.444 e. The quantitative estimate of drug-likeness (QED) is 0.0899. The molecule has 334 valence electrons. The summed E-state index contributed by atoms with van der Waals surface area (Å²) in [4.78, 5) is 61.8. The van der Waals surface area contributed by atoms with Crippen LogP contribution in [0, 0.1) is 5.92 Å². The average molecular weight is 878 g/mol. The Labute approximate surface area is 366 Å². The van der Waals surface area contributed by atoms with Gasteiger partial charge in [0, 0.05) is 58.0 Å². The van der Waals surface area contributed by atoms with Crippen molar-refractivity contribution < 1.29 is 32.3 Å². The van der Waals surface area contributed by atoms with Crippen molar-refractivity contribution in [2.45, 2.75) is 63.6 Å². The van der Waals surface area contributed by atoms with Crippen LogP contribution >= 0.6 is 0 Å². The van der Waals surface area contributed by atoms with E-state index in [0.717, 1.165) is 55.7 Å². The second-order valence-electron chi connectivity index (χ2n) is 16.6. The summed E-state index contributed by atoms with van der Waals surface area (Å²) < 4.78 is 44.3. The highest BCUT2D eigenvalue weighted by Gasteiger charge is 2.32. The fraction of sp³-hybridized carbons (Fsp3) is 0.400. The second-order valence-corrected chi connectivity index (χ2v) is 16.6. The zero-order chi connectivity index (χ0) is 44.3. The number of imidazole rings is 1. The van der Waals surface area contributed by atoms with Crippen molar-refractivity contribution in [2.75, 3.05) is 50.0 Å². The molecule has 3 aliphatic rings. The summed E-state index contributed by atoms with van der Waals surface area (Å²) in [5.41, 5.74) is 3.59. The maximum absolute atomic E-state index is 14.1. The second kappa shape index (κ2) is 18.6. The monoisotopic (exact) mass is 877 g/mol. The molecular formula is C45H49F2N11O6. The standard InChI is InChI=1S/C45H49F2N11O6/c1-55-40-29(4-2-6-35(40)58(45(55)62)36-13-14-38(59)53-43(36)61)5-3-17-56-18-19-63-32(24-56)23-48-21-27-9-11-31(12-10-27)57-25-33(39(54-57)41(46)47)51-42(60)34-26-64-44(52-34)30-15-16-49-37(20-30)50-22-28-7-8-28/h2,4,6,9-12,15-16,20,25-26,28,32,36,41,48H,3,5,7-8,13-14,17-19,21-24H2,1H3,(H,49,50)(H,51,60)(H,53,59,61)/t32-,36?/m0/s1. The van der Waals surface area contributed by atoms with Gasteiger partial charge in [-0.2, -0.15) is 5.10 Å². The summed E-state index contributed by atoms with van der Waals surface area (Å²) >= 11 is 0. The fourth-order valence-corrected chi connectivity index (χ4v) is 8.40. The summed E-state index contributed by atoms with van der Waals surface area (Å²) in [6, 6.07) is 15.9. The Kier molecular flexibility index (Phi) is 12.4. The number of benzene rings is 2. The molecule has 4 N–H and O–H groups in total. The number of alkyl halides is 2. The molecule has 17 nitrogen and oxygen atoms in total. The zero-order valence-electron chi connectivity index (χ0n) is 35.3. The van der Waals surface area contributed by atoms with Gasteiger partial charge in [-0.1, -0.05) is 24.3 Å². The number of carbonyl (C=O) groups excluding carboxylic acids is 3. The number of halogens is 2. The van der Waals surface area contributed by atoms with Gasteiger partial charge in [-0.25, -0.2) is 28.2 Å². The van der Waals surface area contributed by atoms with Gasteiger partial charge >= 0.3 is 5.69 Å².